The van der Waals surface area contributed by atoms with Gasteiger partial charge in [-0.2, -0.15) is 0 Å². The summed E-state index contributed by atoms with van der Waals surface area (Å²) in [6, 6.07) is 0. The summed E-state index contributed by atoms with van der Waals surface area (Å²) in [6.45, 7) is 2.79. The lowest BCUT2D eigenvalue weighted by Crippen LogP contribution is -2.24. The van der Waals surface area contributed by atoms with Crippen molar-refractivity contribution in [3.8, 4) is 0 Å². The fourth-order valence-electron chi connectivity index (χ4n) is 0.391. The number of carboxylic acid groups (broad SMARTS) is 2. The molecule has 0 aromatic heterocycles. The van der Waals surface area contributed by atoms with Crippen LogP contribution in [-0.4, -0.2) is 27.3 Å². The Bertz CT molecular complexity index is 149. The van der Waals surface area contributed by atoms with Crippen molar-refractivity contribution in [3.63, 3.8) is 0 Å². The Morgan fingerprint density at radius 1 is 1.10 bits per heavy atom. The largest absolute Gasteiger partial charge is 0.511 e. The van der Waals surface area contributed by atoms with Crippen LogP contribution in [0.25, 0.3) is 0 Å². The molecule has 0 aromatic carbocycles. The Morgan fingerprint density at radius 2 is 1.40 bits per heavy atom. The molecule has 56 valence electrons. The van der Waals surface area contributed by atoms with E-state index in [2.05, 4.69) is 6.58 Å². The van der Waals surface area contributed by atoms with E-state index in [0.717, 1.165) is 0 Å². The molecular weight excluding hydrogens is 140 g/mol. The van der Waals surface area contributed by atoms with E-state index < -0.39 is 23.6 Å². The highest BCUT2D eigenvalue weighted by atomic mass is 16.4. The molecular formula is C5H6O5. The van der Waals surface area contributed by atoms with Crippen LogP contribution >= 0.6 is 0 Å². The average molecular weight is 146 g/mol. The van der Waals surface area contributed by atoms with Gasteiger partial charge < -0.3 is 15.3 Å². The van der Waals surface area contributed by atoms with Crippen molar-refractivity contribution in [1.29, 1.82) is 0 Å². The lowest BCUT2D eigenvalue weighted by molar-refractivity contribution is -0.153. The van der Waals surface area contributed by atoms with Gasteiger partial charge in [0, 0.05) is 0 Å². The van der Waals surface area contributed by atoms with E-state index in [1.165, 1.54) is 0 Å². The van der Waals surface area contributed by atoms with Gasteiger partial charge in [-0.25, -0.2) is 0 Å². The van der Waals surface area contributed by atoms with E-state index >= 15 is 0 Å². The van der Waals surface area contributed by atoms with Crippen molar-refractivity contribution in [1.82, 2.24) is 0 Å². The van der Waals surface area contributed by atoms with Crippen LogP contribution in [0, 0.1) is 5.92 Å². The summed E-state index contributed by atoms with van der Waals surface area (Å²) in [6.07, 6.45) is 0. The van der Waals surface area contributed by atoms with E-state index in [1.807, 2.05) is 0 Å². The van der Waals surface area contributed by atoms with Crippen LogP contribution < -0.4 is 0 Å². The Morgan fingerprint density at radius 3 is 1.40 bits per heavy atom. The zero-order chi connectivity index (χ0) is 8.31. The first kappa shape index (κ1) is 8.48. The van der Waals surface area contributed by atoms with Crippen LogP contribution in [0.2, 0.25) is 0 Å². The predicted molar refractivity (Wildman–Crippen MR) is 30.5 cm³/mol. The van der Waals surface area contributed by atoms with Gasteiger partial charge >= 0.3 is 11.9 Å². The van der Waals surface area contributed by atoms with Gasteiger partial charge in [-0.15, -0.1) is 0 Å². The number of rotatable bonds is 3. The van der Waals surface area contributed by atoms with Crippen LogP contribution in [0.4, 0.5) is 0 Å². The lowest BCUT2D eigenvalue weighted by Gasteiger charge is -2.02. The molecule has 5 heteroatoms. The molecule has 0 fully saturated rings. The Hall–Kier alpha value is -1.52. The summed E-state index contributed by atoms with van der Waals surface area (Å²) in [7, 11) is 0. The highest BCUT2D eigenvalue weighted by Crippen LogP contribution is 2.05. The summed E-state index contributed by atoms with van der Waals surface area (Å²) < 4.78 is 0. The molecule has 0 aliphatic rings. The molecule has 0 rings (SSSR count). The first-order valence-corrected chi connectivity index (χ1v) is 2.30. The maximum atomic E-state index is 9.98. The first-order chi connectivity index (χ1) is 4.46. The van der Waals surface area contributed by atoms with Crippen LogP contribution in [0.1, 0.15) is 0 Å². The van der Waals surface area contributed by atoms with E-state index in [4.69, 9.17) is 15.3 Å². The highest BCUT2D eigenvalue weighted by molar-refractivity contribution is 5.95. The highest BCUT2D eigenvalue weighted by Gasteiger charge is 2.28. The van der Waals surface area contributed by atoms with E-state index in [-0.39, 0.29) is 0 Å². The molecule has 10 heavy (non-hydrogen) atoms. The molecule has 0 bridgehead atoms. The molecule has 0 aliphatic carbocycles. The van der Waals surface area contributed by atoms with Crippen LogP contribution in [0.15, 0.2) is 12.3 Å². The number of carboxylic acids is 2. The standard InChI is InChI=1S/C5H6O5/c1-2(6)3(4(7)8)5(9)10/h3,6H,1H2,(H,7,8)(H,9,10). The van der Waals surface area contributed by atoms with Gasteiger partial charge in [0.2, 0.25) is 5.92 Å². The van der Waals surface area contributed by atoms with Gasteiger partial charge in [0.25, 0.3) is 0 Å². The van der Waals surface area contributed by atoms with Gasteiger partial charge in [-0.1, -0.05) is 6.58 Å². The van der Waals surface area contributed by atoms with Gasteiger partial charge in [0.15, 0.2) is 0 Å². The molecule has 0 atom stereocenters. The zero-order valence-electron chi connectivity index (χ0n) is 4.94. The van der Waals surface area contributed by atoms with Crippen molar-refractivity contribution >= 4 is 11.9 Å². The van der Waals surface area contributed by atoms with Crippen molar-refractivity contribution < 1.29 is 24.9 Å². The number of aliphatic hydroxyl groups is 1. The SMILES string of the molecule is C=C(O)C(C(=O)O)C(=O)O. The first-order valence-electron chi connectivity index (χ1n) is 2.30. The van der Waals surface area contributed by atoms with Crippen LogP contribution in [0.3, 0.4) is 0 Å². The summed E-state index contributed by atoms with van der Waals surface area (Å²) in [5.74, 6) is -6.04. The Labute approximate surface area is 56.2 Å². The molecule has 3 N–H and O–H groups in total. The van der Waals surface area contributed by atoms with E-state index in [0.29, 0.717) is 0 Å². The quantitative estimate of drug-likeness (QED) is 0.380. The maximum absolute atomic E-state index is 9.98. The van der Waals surface area contributed by atoms with Gasteiger partial charge in [-0.3, -0.25) is 9.59 Å². The summed E-state index contributed by atoms with van der Waals surface area (Å²) in [5, 5.41) is 24.6. The van der Waals surface area contributed by atoms with Gasteiger partial charge in [0.05, 0.1) is 0 Å². The van der Waals surface area contributed by atoms with Crippen molar-refractivity contribution in [2.75, 3.05) is 0 Å². The third-order valence-electron chi connectivity index (χ3n) is 0.827. The molecule has 0 heterocycles. The average Bonchev–Trinajstić information content (AvgIpc) is 1.59. The second-order valence-corrected chi connectivity index (χ2v) is 1.60. The molecule has 0 spiro atoms. The summed E-state index contributed by atoms with van der Waals surface area (Å²) in [4.78, 5) is 20.0. The zero-order valence-corrected chi connectivity index (χ0v) is 4.94. The van der Waals surface area contributed by atoms with Crippen LogP contribution in [0.5, 0.6) is 0 Å². The molecule has 0 saturated heterocycles. The van der Waals surface area contributed by atoms with Crippen molar-refractivity contribution in [2.24, 2.45) is 5.92 Å². The minimum absolute atomic E-state index is 0.875. The molecule has 0 aromatic rings. The van der Waals surface area contributed by atoms with Crippen LogP contribution in [-0.2, 0) is 9.59 Å². The maximum Gasteiger partial charge on any atom is 0.325 e. The number of carbonyl (C=O) groups is 2. The van der Waals surface area contributed by atoms with Crippen molar-refractivity contribution in [2.45, 2.75) is 0 Å². The molecule has 5 nitrogen and oxygen atoms in total. The number of aliphatic carboxylic acids is 2. The summed E-state index contributed by atoms with van der Waals surface area (Å²) >= 11 is 0. The molecule has 0 saturated carbocycles. The van der Waals surface area contributed by atoms with Gasteiger partial charge in [0.1, 0.15) is 5.76 Å². The fraction of sp³-hybridized carbons (Fsp3) is 0.200. The second-order valence-electron chi connectivity index (χ2n) is 1.60. The third-order valence-corrected chi connectivity index (χ3v) is 0.827. The van der Waals surface area contributed by atoms with Crippen molar-refractivity contribution in [3.05, 3.63) is 12.3 Å². The predicted octanol–water partition coefficient (Wildman–Crippen LogP) is -0.157. The molecule has 0 aliphatic heterocycles. The number of hydrogen-bond donors (Lipinski definition) is 3. The molecule has 0 amide bonds. The number of aliphatic hydroxyl groups excluding tert-OH is 1. The lowest BCUT2D eigenvalue weighted by atomic mass is 10.1. The minimum Gasteiger partial charge on any atom is -0.511 e. The van der Waals surface area contributed by atoms with E-state index in [9.17, 15) is 9.59 Å². The minimum atomic E-state index is -1.92. The monoisotopic (exact) mass is 146 g/mol. The Kier molecular flexibility index (Phi) is 2.43. The van der Waals surface area contributed by atoms with E-state index in [1.54, 1.807) is 0 Å². The molecule has 0 unspecified atom stereocenters. The second kappa shape index (κ2) is 2.86. The molecule has 0 radical (unpaired) electrons. The van der Waals surface area contributed by atoms with Gasteiger partial charge in [-0.05, 0) is 0 Å². The fourth-order valence-corrected chi connectivity index (χ4v) is 0.391. The number of hydrogen-bond acceptors (Lipinski definition) is 3. The Balaban J connectivity index is 4.43. The normalized spacial score (nSPS) is 9.30. The summed E-state index contributed by atoms with van der Waals surface area (Å²) in [5.41, 5.74) is 0. The third kappa shape index (κ3) is 1.77. The topological polar surface area (TPSA) is 94.8 Å². The smallest absolute Gasteiger partial charge is 0.325 e.